The fourth-order valence-corrected chi connectivity index (χ4v) is 4.94. The Labute approximate surface area is 103 Å². The van der Waals surface area contributed by atoms with Crippen molar-refractivity contribution in [2.45, 2.75) is 18.9 Å². The first kappa shape index (κ1) is 11.9. The summed E-state index contributed by atoms with van der Waals surface area (Å²) in [4.78, 5) is 0. The SMILES string of the molecule is O=S(=O)(CC1CCCO1)N1C[C@H]2CNC[C@H]2C1. The molecule has 0 aliphatic carbocycles. The van der Waals surface area contributed by atoms with Gasteiger partial charge in [0, 0.05) is 19.7 Å². The average Bonchev–Trinajstić information content (AvgIpc) is 2.88. The summed E-state index contributed by atoms with van der Waals surface area (Å²) in [5.41, 5.74) is 0. The largest absolute Gasteiger partial charge is 0.377 e. The van der Waals surface area contributed by atoms with Crippen LogP contribution >= 0.6 is 0 Å². The number of sulfonamides is 1. The molecular formula is C11H20N2O3S. The second kappa shape index (κ2) is 4.50. The molecule has 6 heteroatoms. The molecule has 3 rings (SSSR count). The minimum atomic E-state index is -3.10. The van der Waals surface area contributed by atoms with Crippen LogP contribution in [0.3, 0.4) is 0 Å². The van der Waals surface area contributed by atoms with E-state index in [1.54, 1.807) is 4.31 Å². The minimum Gasteiger partial charge on any atom is -0.377 e. The Balaban J connectivity index is 1.63. The van der Waals surface area contributed by atoms with E-state index in [0.717, 1.165) is 32.5 Å². The molecule has 1 N–H and O–H groups in total. The molecule has 3 aliphatic heterocycles. The molecule has 17 heavy (non-hydrogen) atoms. The van der Waals surface area contributed by atoms with Crippen LogP contribution in [0, 0.1) is 11.8 Å². The van der Waals surface area contributed by atoms with Crippen LogP contribution in [0.15, 0.2) is 0 Å². The second-order valence-corrected chi connectivity index (χ2v) is 7.42. The molecule has 0 saturated carbocycles. The Morgan fingerprint density at radius 2 is 1.94 bits per heavy atom. The van der Waals surface area contributed by atoms with Gasteiger partial charge in [0.05, 0.1) is 11.9 Å². The third-order valence-electron chi connectivity index (χ3n) is 4.17. The fraction of sp³-hybridized carbons (Fsp3) is 1.00. The Morgan fingerprint density at radius 1 is 1.24 bits per heavy atom. The zero-order chi connectivity index (χ0) is 11.9. The van der Waals surface area contributed by atoms with Gasteiger partial charge in [-0.25, -0.2) is 12.7 Å². The van der Waals surface area contributed by atoms with Gasteiger partial charge in [-0.3, -0.25) is 0 Å². The van der Waals surface area contributed by atoms with Gasteiger partial charge < -0.3 is 10.1 Å². The first-order valence-corrected chi connectivity index (χ1v) is 8.06. The monoisotopic (exact) mass is 260 g/mol. The molecule has 1 unspecified atom stereocenters. The molecule has 3 fully saturated rings. The summed E-state index contributed by atoms with van der Waals surface area (Å²) in [6.45, 7) is 4.06. The first-order chi connectivity index (χ1) is 8.15. The van der Waals surface area contributed by atoms with Crippen LogP contribution in [0.2, 0.25) is 0 Å². The van der Waals surface area contributed by atoms with Crippen molar-refractivity contribution in [2.75, 3.05) is 38.5 Å². The lowest BCUT2D eigenvalue weighted by Gasteiger charge is -2.19. The lowest BCUT2D eigenvalue weighted by Crippen LogP contribution is -2.36. The van der Waals surface area contributed by atoms with Gasteiger partial charge in [-0.2, -0.15) is 0 Å². The van der Waals surface area contributed by atoms with E-state index >= 15 is 0 Å². The highest BCUT2D eigenvalue weighted by atomic mass is 32.2. The summed E-state index contributed by atoms with van der Waals surface area (Å²) < 4.78 is 31.6. The second-order valence-electron chi connectivity index (χ2n) is 5.41. The minimum absolute atomic E-state index is 0.0708. The summed E-state index contributed by atoms with van der Waals surface area (Å²) in [6.07, 6.45) is 1.81. The smallest absolute Gasteiger partial charge is 0.216 e. The van der Waals surface area contributed by atoms with Gasteiger partial charge >= 0.3 is 0 Å². The van der Waals surface area contributed by atoms with Crippen LogP contribution in [0.25, 0.3) is 0 Å². The lowest BCUT2D eigenvalue weighted by molar-refractivity contribution is 0.126. The van der Waals surface area contributed by atoms with Gasteiger partial charge in [0.15, 0.2) is 0 Å². The van der Waals surface area contributed by atoms with Gasteiger partial charge in [0.2, 0.25) is 10.0 Å². The van der Waals surface area contributed by atoms with Crippen molar-refractivity contribution in [1.29, 1.82) is 0 Å². The van der Waals surface area contributed by atoms with E-state index < -0.39 is 10.0 Å². The molecule has 3 saturated heterocycles. The highest BCUT2D eigenvalue weighted by Gasteiger charge is 2.41. The number of hydrogen-bond acceptors (Lipinski definition) is 4. The maximum Gasteiger partial charge on any atom is 0.216 e. The van der Waals surface area contributed by atoms with E-state index in [1.807, 2.05) is 0 Å². The van der Waals surface area contributed by atoms with Gasteiger partial charge in [0.25, 0.3) is 0 Å². The van der Waals surface area contributed by atoms with E-state index in [2.05, 4.69) is 5.32 Å². The summed E-state index contributed by atoms with van der Waals surface area (Å²) in [6, 6.07) is 0. The van der Waals surface area contributed by atoms with E-state index in [1.165, 1.54) is 0 Å². The fourth-order valence-electron chi connectivity index (χ4n) is 3.16. The molecule has 0 amide bonds. The van der Waals surface area contributed by atoms with Crippen molar-refractivity contribution in [1.82, 2.24) is 9.62 Å². The zero-order valence-corrected chi connectivity index (χ0v) is 10.8. The van der Waals surface area contributed by atoms with E-state index in [9.17, 15) is 8.42 Å². The molecule has 0 aromatic carbocycles. The topological polar surface area (TPSA) is 58.6 Å². The number of hydrogen-bond donors (Lipinski definition) is 1. The van der Waals surface area contributed by atoms with Crippen LogP contribution in [-0.4, -0.2) is 57.4 Å². The predicted octanol–water partition coefficient (Wildman–Crippen LogP) is -0.354. The zero-order valence-electron chi connectivity index (χ0n) is 9.97. The van der Waals surface area contributed by atoms with Crippen LogP contribution in [0.1, 0.15) is 12.8 Å². The summed E-state index contributed by atoms with van der Waals surface area (Å²) in [7, 11) is -3.10. The van der Waals surface area contributed by atoms with Gasteiger partial charge in [-0.05, 0) is 37.8 Å². The molecule has 0 radical (unpaired) electrons. The highest BCUT2D eigenvalue weighted by Crippen LogP contribution is 2.29. The summed E-state index contributed by atoms with van der Waals surface area (Å²) in [5, 5.41) is 3.32. The Morgan fingerprint density at radius 3 is 2.53 bits per heavy atom. The van der Waals surface area contributed by atoms with E-state index in [-0.39, 0.29) is 11.9 Å². The van der Waals surface area contributed by atoms with Crippen LogP contribution in [0.4, 0.5) is 0 Å². The third-order valence-corrected chi connectivity index (χ3v) is 6.05. The number of rotatable bonds is 3. The molecule has 3 aliphatic rings. The van der Waals surface area contributed by atoms with Crippen molar-refractivity contribution < 1.29 is 13.2 Å². The highest BCUT2D eigenvalue weighted by molar-refractivity contribution is 7.89. The lowest BCUT2D eigenvalue weighted by atomic mass is 10.0. The maximum absolute atomic E-state index is 12.2. The van der Waals surface area contributed by atoms with Crippen molar-refractivity contribution in [3.63, 3.8) is 0 Å². The van der Waals surface area contributed by atoms with Gasteiger partial charge in [-0.1, -0.05) is 0 Å². The molecule has 3 atom stereocenters. The quantitative estimate of drug-likeness (QED) is 0.753. The van der Waals surface area contributed by atoms with Crippen molar-refractivity contribution in [2.24, 2.45) is 11.8 Å². The first-order valence-electron chi connectivity index (χ1n) is 6.45. The maximum atomic E-state index is 12.2. The summed E-state index contributed by atoms with van der Waals surface area (Å²) in [5.74, 6) is 1.23. The number of fused-ring (bicyclic) bond motifs is 1. The summed E-state index contributed by atoms with van der Waals surface area (Å²) >= 11 is 0. The predicted molar refractivity (Wildman–Crippen MR) is 64.2 cm³/mol. The molecule has 0 aromatic heterocycles. The Kier molecular flexibility index (Phi) is 3.15. The standard InChI is InChI=1S/C11H20N2O3S/c14-17(15,8-11-2-1-3-16-11)13-6-9-4-12-5-10(9)7-13/h9-12H,1-8H2/t9-,10+,11?. The molecule has 3 heterocycles. The van der Waals surface area contributed by atoms with Crippen LogP contribution < -0.4 is 5.32 Å². The van der Waals surface area contributed by atoms with Crippen molar-refractivity contribution in [3.05, 3.63) is 0 Å². The molecular weight excluding hydrogens is 240 g/mol. The van der Waals surface area contributed by atoms with Gasteiger partial charge in [-0.15, -0.1) is 0 Å². The van der Waals surface area contributed by atoms with Gasteiger partial charge in [0.1, 0.15) is 0 Å². The number of ether oxygens (including phenoxy) is 1. The molecule has 0 spiro atoms. The van der Waals surface area contributed by atoms with Crippen molar-refractivity contribution >= 4 is 10.0 Å². The molecule has 0 aromatic rings. The van der Waals surface area contributed by atoms with Crippen LogP contribution in [-0.2, 0) is 14.8 Å². The normalized spacial score (nSPS) is 38.7. The third kappa shape index (κ3) is 2.36. The molecule has 98 valence electrons. The Hall–Kier alpha value is -0.170. The van der Waals surface area contributed by atoms with E-state index in [4.69, 9.17) is 4.74 Å². The average molecular weight is 260 g/mol. The van der Waals surface area contributed by atoms with Crippen LogP contribution in [0.5, 0.6) is 0 Å². The molecule has 5 nitrogen and oxygen atoms in total. The number of nitrogens with zero attached hydrogens (tertiary/aromatic N) is 1. The number of nitrogens with one attached hydrogen (secondary N) is 1. The van der Waals surface area contributed by atoms with Crippen molar-refractivity contribution in [3.8, 4) is 0 Å². The van der Waals surface area contributed by atoms with E-state index in [0.29, 0.717) is 24.9 Å². The Bertz CT molecular complexity index is 366. The molecule has 0 bridgehead atoms.